The summed E-state index contributed by atoms with van der Waals surface area (Å²) in [6, 6.07) is 5.13. The molecule has 1 aromatic heterocycles. The van der Waals surface area contributed by atoms with Gasteiger partial charge in [0.05, 0.1) is 0 Å². The van der Waals surface area contributed by atoms with Crippen LogP contribution in [0.1, 0.15) is 31.4 Å². The van der Waals surface area contributed by atoms with Gasteiger partial charge < -0.3 is 10.1 Å². The van der Waals surface area contributed by atoms with Gasteiger partial charge in [-0.05, 0) is 37.5 Å². The molecule has 0 amide bonds. The van der Waals surface area contributed by atoms with Crippen molar-refractivity contribution in [2.24, 2.45) is 0 Å². The average Bonchev–Trinajstić information content (AvgIpc) is 2.31. The predicted molar refractivity (Wildman–Crippen MR) is 59.6 cm³/mol. The van der Waals surface area contributed by atoms with Crippen molar-refractivity contribution in [1.82, 2.24) is 10.3 Å². The van der Waals surface area contributed by atoms with E-state index in [1.165, 1.54) is 5.56 Å². The Balaban J connectivity index is 1.88. The van der Waals surface area contributed by atoms with Crippen molar-refractivity contribution in [2.45, 2.75) is 31.8 Å². The standard InChI is InChI=1S/C12H18N2O/c1-10(11-2-6-13-7-3-11)14-12-4-8-15-9-5-12/h2-3,6-7,10,12,14H,4-5,8-9H2,1H3. The molecule has 0 bridgehead atoms. The van der Waals surface area contributed by atoms with Crippen molar-refractivity contribution in [3.05, 3.63) is 30.1 Å². The molecule has 0 aliphatic carbocycles. The molecule has 2 rings (SSSR count). The number of hydrogen-bond donors (Lipinski definition) is 1. The second-order valence-corrected chi connectivity index (χ2v) is 4.06. The molecule has 1 aromatic rings. The fourth-order valence-corrected chi connectivity index (χ4v) is 1.97. The van der Waals surface area contributed by atoms with Crippen molar-refractivity contribution in [3.8, 4) is 0 Å². The minimum atomic E-state index is 0.399. The van der Waals surface area contributed by atoms with E-state index in [4.69, 9.17) is 4.74 Å². The first-order valence-corrected chi connectivity index (χ1v) is 5.60. The minimum Gasteiger partial charge on any atom is -0.381 e. The van der Waals surface area contributed by atoms with Crippen molar-refractivity contribution in [1.29, 1.82) is 0 Å². The van der Waals surface area contributed by atoms with Crippen LogP contribution >= 0.6 is 0 Å². The normalized spacial score (nSPS) is 20.1. The van der Waals surface area contributed by atoms with Gasteiger partial charge in [-0.2, -0.15) is 0 Å². The summed E-state index contributed by atoms with van der Waals surface area (Å²) in [5, 5.41) is 3.63. The Bertz CT molecular complexity index is 283. The molecule has 0 radical (unpaired) electrons. The number of rotatable bonds is 3. The van der Waals surface area contributed by atoms with Gasteiger partial charge in [-0.1, -0.05) is 0 Å². The second kappa shape index (κ2) is 5.24. The summed E-state index contributed by atoms with van der Waals surface area (Å²) in [6.45, 7) is 3.98. The molecular weight excluding hydrogens is 188 g/mol. The molecule has 1 aliphatic heterocycles. The summed E-state index contributed by atoms with van der Waals surface area (Å²) >= 11 is 0. The highest BCUT2D eigenvalue weighted by molar-refractivity contribution is 5.14. The molecule has 82 valence electrons. The second-order valence-electron chi connectivity index (χ2n) is 4.06. The molecule has 0 saturated carbocycles. The molecule has 0 aromatic carbocycles. The lowest BCUT2D eigenvalue weighted by Crippen LogP contribution is -2.36. The molecule has 1 atom stereocenters. The topological polar surface area (TPSA) is 34.1 Å². The Morgan fingerprint density at radius 3 is 2.67 bits per heavy atom. The summed E-state index contributed by atoms with van der Waals surface area (Å²) < 4.78 is 5.34. The van der Waals surface area contributed by atoms with Crippen LogP contribution in [-0.4, -0.2) is 24.2 Å². The summed E-state index contributed by atoms with van der Waals surface area (Å²) in [4.78, 5) is 4.03. The van der Waals surface area contributed by atoms with Crippen molar-refractivity contribution in [3.63, 3.8) is 0 Å². The van der Waals surface area contributed by atoms with Crippen LogP contribution in [0.2, 0.25) is 0 Å². The first kappa shape index (κ1) is 10.6. The summed E-state index contributed by atoms with van der Waals surface area (Å²) in [7, 11) is 0. The Hall–Kier alpha value is -0.930. The Morgan fingerprint density at radius 1 is 1.33 bits per heavy atom. The molecule has 1 unspecified atom stereocenters. The maximum absolute atomic E-state index is 5.34. The fraction of sp³-hybridized carbons (Fsp3) is 0.583. The monoisotopic (exact) mass is 206 g/mol. The highest BCUT2D eigenvalue weighted by Crippen LogP contribution is 2.15. The lowest BCUT2D eigenvalue weighted by atomic mass is 10.1. The van der Waals surface area contributed by atoms with E-state index in [2.05, 4.69) is 29.4 Å². The zero-order chi connectivity index (χ0) is 10.5. The number of hydrogen-bond acceptors (Lipinski definition) is 3. The molecule has 0 spiro atoms. The highest BCUT2D eigenvalue weighted by Gasteiger charge is 2.16. The van der Waals surface area contributed by atoms with Gasteiger partial charge in [0.1, 0.15) is 0 Å². The average molecular weight is 206 g/mol. The van der Waals surface area contributed by atoms with Crippen LogP contribution in [0.25, 0.3) is 0 Å². The van der Waals surface area contributed by atoms with Crippen LogP contribution in [0, 0.1) is 0 Å². The van der Waals surface area contributed by atoms with Crippen molar-refractivity contribution < 1.29 is 4.74 Å². The largest absolute Gasteiger partial charge is 0.381 e. The third-order valence-corrected chi connectivity index (χ3v) is 2.91. The third-order valence-electron chi connectivity index (χ3n) is 2.91. The summed E-state index contributed by atoms with van der Waals surface area (Å²) in [6.07, 6.45) is 5.93. The van der Waals surface area contributed by atoms with Crippen LogP contribution in [0.5, 0.6) is 0 Å². The first-order chi connectivity index (χ1) is 7.36. The van der Waals surface area contributed by atoms with Crippen LogP contribution in [0.3, 0.4) is 0 Å². The zero-order valence-electron chi connectivity index (χ0n) is 9.15. The number of pyridine rings is 1. The van der Waals surface area contributed by atoms with E-state index in [0.29, 0.717) is 12.1 Å². The van der Waals surface area contributed by atoms with Crippen LogP contribution in [0.15, 0.2) is 24.5 Å². The van der Waals surface area contributed by atoms with E-state index < -0.39 is 0 Å². The van der Waals surface area contributed by atoms with Crippen molar-refractivity contribution in [2.75, 3.05) is 13.2 Å². The first-order valence-electron chi connectivity index (χ1n) is 5.60. The molecule has 1 N–H and O–H groups in total. The molecule has 3 nitrogen and oxygen atoms in total. The van der Waals surface area contributed by atoms with E-state index in [1.807, 2.05) is 12.4 Å². The fourth-order valence-electron chi connectivity index (χ4n) is 1.97. The van der Waals surface area contributed by atoms with E-state index in [1.54, 1.807) is 0 Å². The van der Waals surface area contributed by atoms with E-state index in [-0.39, 0.29) is 0 Å². The minimum absolute atomic E-state index is 0.399. The Labute approximate surface area is 90.9 Å². The molecular formula is C12H18N2O. The number of nitrogens with zero attached hydrogens (tertiary/aromatic N) is 1. The summed E-state index contributed by atoms with van der Waals surface area (Å²) in [5.74, 6) is 0. The maximum Gasteiger partial charge on any atom is 0.0480 e. The quantitative estimate of drug-likeness (QED) is 0.820. The summed E-state index contributed by atoms with van der Waals surface area (Å²) in [5.41, 5.74) is 1.30. The molecule has 3 heteroatoms. The molecule has 1 aliphatic rings. The molecule has 1 fully saturated rings. The zero-order valence-corrected chi connectivity index (χ0v) is 9.15. The smallest absolute Gasteiger partial charge is 0.0480 e. The lowest BCUT2D eigenvalue weighted by Gasteiger charge is -2.26. The van der Waals surface area contributed by atoms with Gasteiger partial charge in [-0.15, -0.1) is 0 Å². The van der Waals surface area contributed by atoms with E-state index >= 15 is 0 Å². The SMILES string of the molecule is CC(NC1CCOCC1)c1ccncc1. The van der Waals surface area contributed by atoms with Crippen LogP contribution in [0.4, 0.5) is 0 Å². The Morgan fingerprint density at radius 2 is 2.00 bits per heavy atom. The van der Waals surface area contributed by atoms with Gasteiger partial charge >= 0.3 is 0 Å². The molecule has 1 saturated heterocycles. The molecule has 2 heterocycles. The van der Waals surface area contributed by atoms with E-state index in [9.17, 15) is 0 Å². The van der Waals surface area contributed by atoms with Crippen molar-refractivity contribution >= 4 is 0 Å². The van der Waals surface area contributed by atoms with Gasteiger partial charge in [0.2, 0.25) is 0 Å². The number of aromatic nitrogens is 1. The Kier molecular flexibility index (Phi) is 3.69. The predicted octanol–water partition coefficient (Wildman–Crippen LogP) is 1.91. The highest BCUT2D eigenvalue weighted by atomic mass is 16.5. The van der Waals surface area contributed by atoms with Gasteiger partial charge in [0.25, 0.3) is 0 Å². The maximum atomic E-state index is 5.34. The third kappa shape index (κ3) is 3.01. The van der Waals surface area contributed by atoms with Gasteiger partial charge in [-0.3, -0.25) is 4.98 Å². The number of ether oxygens (including phenoxy) is 1. The van der Waals surface area contributed by atoms with Crippen LogP contribution in [-0.2, 0) is 4.74 Å². The molecule has 15 heavy (non-hydrogen) atoms. The van der Waals surface area contributed by atoms with Gasteiger partial charge in [-0.25, -0.2) is 0 Å². The van der Waals surface area contributed by atoms with Gasteiger partial charge in [0.15, 0.2) is 0 Å². The van der Waals surface area contributed by atoms with Crippen LogP contribution < -0.4 is 5.32 Å². The lowest BCUT2D eigenvalue weighted by molar-refractivity contribution is 0.0754. The van der Waals surface area contributed by atoms with Gasteiger partial charge in [0, 0.05) is 37.7 Å². The van der Waals surface area contributed by atoms with E-state index in [0.717, 1.165) is 26.1 Å². The number of nitrogens with one attached hydrogen (secondary N) is 1.